The second kappa shape index (κ2) is 7.84. The van der Waals surface area contributed by atoms with E-state index in [1.165, 1.54) is 18.7 Å². The lowest BCUT2D eigenvalue weighted by atomic mass is 10.0. The molecule has 4 heteroatoms. The molecule has 0 radical (unpaired) electrons. The van der Waals surface area contributed by atoms with Crippen LogP contribution < -0.4 is 4.90 Å². The Balaban J connectivity index is 1.50. The lowest BCUT2D eigenvalue weighted by molar-refractivity contribution is 0.277. The van der Waals surface area contributed by atoms with Crippen LogP contribution in [0.1, 0.15) is 42.9 Å². The Morgan fingerprint density at radius 2 is 2.00 bits per heavy atom. The Labute approximate surface area is 145 Å². The molecule has 1 aliphatic rings. The van der Waals surface area contributed by atoms with Gasteiger partial charge >= 0.3 is 0 Å². The van der Waals surface area contributed by atoms with Gasteiger partial charge in [0.1, 0.15) is 11.5 Å². The number of rotatable bonds is 5. The van der Waals surface area contributed by atoms with Gasteiger partial charge in [0, 0.05) is 43.1 Å². The van der Waals surface area contributed by atoms with Crippen molar-refractivity contribution < 1.29 is 4.42 Å². The second-order valence-corrected chi connectivity index (χ2v) is 6.98. The van der Waals surface area contributed by atoms with Crippen molar-refractivity contribution in [3.8, 4) is 0 Å². The maximum Gasteiger partial charge on any atom is 0.107 e. The molecular weight excluding hydrogens is 298 g/mol. The van der Waals surface area contributed by atoms with Gasteiger partial charge in [-0.25, -0.2) is 0 Å². The second-order valence-electron chi connectivity index (χ2n) is 6.98. The first kappa shape index (κ1) is 17.0. The molecule has 2 aromatic heterocycles. The van der Waals surface area contributed by atoms with E-state index in [0.29, 0.717) is 5.92 Å². The van der Waals surface area contributed by atoms with Crippen LogP contribution in [0.3, 0.4) is 0 Å². The molecule has 1 aliphatic heterocycles. The fourth-order valence-electron chi connectivity index (χ4n) is 3.42. The van der Waals surface area contributed by atoms with E-state index in [1.807, 2.05) is 13.1 Å². The molecule has 3 rings (SSSR count). The van der Waals surface area contributed by atoms with E-state index in [4.69, 9.17) is 4.42 Å². The van der Waals surface area contributed by atoms with Crippen molar-refractivity contribution in [2.45, 2.75) is 39.5 Å². The molecular formula is C20H29N3O. The van der Waals surface area contributed by atoms with E-state index in [-0.39, 0.29) is 0 Å². The topological polar surface area (TPSA) is 32.5 Å². The minimum absolute atomic E-state index is 0.487. The number of furan rings is 1. The Kier molecular flexibility index (Phi) is 5.56. The molecule has 0 spiro atoms. The normalized spacial score (nSPS) is 17.7. The molecule has 130 valence electrons. The van der Waals surface area contributed by atoms with Gasteiger partial charge in [-0.05, 0) is 64.0 Å². The molecule has 0 bridgehead atoms. The van der Waals surface area contributed by atoms with E-state index in [0.717, 1.165) is 49.8 Å². The van der Waals surface area contributed by atoms with Crippen molar-refractivity contribution in [3.05, 3.63) is 47.7 Å². The van der Waals surface area contributed by atoms with Gasteiger partial charge in [0.25, 0.3) is 0 Å². The molecule has 1 atom stereocenters. The maximum atomic E-state index is 5.76. The standard InChI is InChI=1S/C20H29N3O/c1-16(20-6-5-18(3)24-20)8-12-22-10-4-11-23(14-13-22)19-7-9-21-17(2)15-19/h5-7,9,15-16H,4,8,10-14H2,1-3H3. The van der Waals surface area contributed by atoms with E-state index >= 15 is 0 Å². The summed E-state index contributed by atoms with van der Waals surface area (Å²) in [7, 11) is 0. The van der Waals surface area contributed by atoms with Crippen molar-refractivity contribution in [2.24, 2.45) is 0 Å². The number of anilines is 1. The van der Waals surface area contributed by atoms with Crippen LogP contribution in [0.4, 0.5) is 5.69 Å². The zero-order valence-electron chi connectivity index (χ0n) is 15.2. The molecule has 1 saturated heterocycles. The Hall–Kier alpha value is -1.81. The summed E-state index contributed by atoms with van der Waals surface area (Å²) < 4.78 is 5.76. The molecule has 4 nitrogen and oxygen atoms in total. The number of hydrogen-bond donors (Lipinski definition) is 0. The van der Waals surface area contributed by atoms with E-state index < -0.39 is 0 Å². The fourth-order valence-corrected chi connectivity index (χ4v) is 3.42. The average molecular weight is 327 g/mol. The largest absolute Gasteiger partial charge is 0.466 e. The van der Waals surface area contributed by atoms with Gasteiger partial charge in [0.05, 0.1) is 0 Å². The highest BCUT2D eigenvalue weighted by Gasteiger charge is 2.17. The van der Waals surface area contributed by atoms with Crippen LogP contribution in [0.15, 0.2) is 34.9 Å². The number of nitrogens with zero attached hydrogens (tertiary/aromatic N) is 3. The van der Waals surface area contributed by atoms with Crippen molar-refractivity contribution in [1.29, 1.82) is 0 Å². The van der Waals surface area contributed by atoms with Crippen LogP contribution in [0, 0.1) is 13.8 Å². The lowest BCUT2D eigenvalue weighted by Crippen LogP contribution is -2.31. The molecule has 0 amide bonds. The Morgan fingerprint density at radius 1 is 1.12 bits per heavy atom. The summed E-state index contributed by atoms with van der Waals surface area (Å²) in [5.41, 5.74) is 2.40. The molecule has 0 aliphatic carbocycles. The number of aromatic nitrogens is 1. The highest BCUT2D eigenvalue weighted by atomic mass is 16.3. The summed E-state index contributed by atoms with van der Waals surface area (Å²) in [4.78, 5) is 9.40. The summed E-state index contributed by atoms with van der Waals surface area (Å²) >= 11 is 0. The number of hydrogen-bond acceptors (Lipinski definition) is 4. The number of aryl methyl sites for hydroxylation is 2. The predicted octanol–water partition coefficient (Wildman–Crippen LogP) is 4.00. The number of pyridine rings is 1. The predicted molar refractivity (Wildman–Crippen MR) is 98.7 cm³/mol. The summed E-state index contributed by atoms with van der Waals surface area (Å²) in [6, 6.07) is 8.50. The zero-order valence-corrected chi connectivity index (χ0v) is 15.2. The third kappa shape index (κ3) is 4.38. The summed E-state index contributed by atoms with van der Waals surface area (Å²) in [5, 5.41) is 0. The molecule has 0 saturated carbocycles. The summed E-state index contributed by atoms with van der Waals surface area (Å²) in [5.74, 6) is 2.62. The molecule has 24 heavy (non-hydrogen) atoms. The van der Waals surface area contributed by atoms with Crippen LogP contribution in [0.25, 0.3) is 0 Å². The smallest absolute Gasteiger partial charge is 0.107 e. The summed E-state index contributed by atoms with van der Waals surface area (Å²) in [6.45, 7) is 12.0. The first-order valence-corrected chi connectivity index (χ1v) is 9.08. The Morgan fingerprint density at radius 3 is 2.75 bits per heavy atom. The average Bonchev–Trinajstić information content (AvgIpc) is 2.87. The molecule has 1 unspecified atom stereocenters. The molecule has 3 heterocycles. The van der Waals surface area contributed by atoms with Crippen molar-refractivity contribution >= 4 is 5.69 Å². The minimum Gasteiger partial charge on any atom is -0.466 e. The molecule has 0 N–H and O–H groups in total. The summed E-state index contributed by atoms with van der Waals surface area (Å²) in [6.07, 6.45) is 4.29. The Bertz CT molecular complexity index is 652. The van der Waals surface area contributed by atoms with E-state index in [9.17, 15) is 0 Å². The van der Waals surface area contributed by atoms with Gasteiger partial charge in [-0.1, -0.05) is 6.92 Å². The fraction of sp³-hybridized carbons (Fsp3) is 0.550. The zero-order chi connectivity index (χ0) is 16.9. The van der Waals surface area contributed by atoms with Gasteiger partial charge < -0.3 is 14.2 Å². The monoisotopic (exact) mass is 327 g/mol. The van der Waals surface area contributed by atoms with Crippen LogP contribution in [-0.2, 0) is 0 Å². The highest BCUT2D eigenvalue weighted by Crippen LogP contribution is 2.22. The van der Waals surface area contributed by atoms with Crippen LogP contribution in [-0.4, -0.2) is 42.6 Å². The van der Waals surface area contributed by atoms with E-state index in [1.54, 1.807) is 0 Å². The highest BCUT2D eigenvalue weighted by molar-refractivity contribution is 5.46. The third-order valence-corrected chi connectivity index (χ3v) is 4.96. The van der Waals surface area contributed by atoms with Crippen molar-refractivity contribution in [3.63, 3.8) is 0 Å². The van der Waals surface area contributed by atoms with Crippen molar-refractivity contribution in [1.82, 2.24) is 9.88 Å². The minimum atomic E-state index is 0.487. The molecule has 2 aromatic rings. The van der Waals surface area contributed by atoms with Gasteiger partial charge in [0.15, 0.2) is 0 Å². The SMILES string of the molecule is Cc1cc(N2CCCN(CCC(C)c3ccc(C)o3)CC2)ccn1. The quantitative estimate of drug-likeness (QED) is 0.831. The van der Waals surface area contributed by atoms with Gasteiger partial charge in [-0.15, -0.1) is 0 Å². The molecule has 0 aromatic carbocycles. The van der Waals surface area contributed by atoms with Gasteiger partial charge in [0.2, 0.25) is 0 Å². The maximum absolute atomic E-state index is 5.76. The van der Waals surface area contributed by atoms with Gasteiger partial charge in [-0.2, -0.15) is 0 Å². The first-order valence-electron chi connectivity index (χ1n) is 9.08. The molecule has 1 fully saturated rings. The van der Waals surface area contributed by atoms with Crippen LogP contribution >= 0.6 is 0 Å². The first-order chi connectivity index (χ1) is 11.6. The van der Waals surface area contributed by atoms with Gasteiger partial charge in [-0.3, -0.25) is 4.98 Å². The van der Waals surface area contributed by atoms with Crippen LogP contribution in [0.5, 0.6) is 0 Å². The lowest BCUT2D eigenvalue weighted by Gasteiger charge is -2.24. The van der Waals surface area contributed by atoms with Crippen molar-refractivity contribution in [2.75, 3.05) is 37.6 Å². The van der Waals surface area contributed by atoms with Crippen LogP contribution in [0.2, 0.25) is 0 Å². The van der Waals surface area contributed by atoms with E-state index in [2.05, 4.69) is 52.9 Å². The third-order valence-electron chi connectivity index (χ3n) is 4.96.